The van der Waals surface area contributed by atoms with E-state index in [1.54, 1.807) is 49.4 Å². The Morgan fingerprint density at radius 1 is 1.13 bits per heavy atom. The van der Waals surface area contributed by atoms with Crippen LogP contribution in [0.1, 0.15) is 27.6 Å². The van der Waals surface area contributed by atoms with Crippen molar-refractivity contribution >= 4 is 17.5 Å². The molecule has 0 radical (unpaired) electrons. The lowest BCUT2D eigenvalue weighted by molar-refractivity contribution is -0.0940. The van der Waals surface area contributed by atoms with E-state index in [0.29, 0.717) is 16.2 Å². The predicted octanol–water partition coefficient (Wildman–Crippen LogP) is 1.78. The molecule has 2 aromatic carbocycles. The summed E-state index contributed by atoms with van der Waals surface area (Å²) in [5.41, 5.74) is 0.894. The van der Waals surface area contributed by atoms with E-state index in [2.05, 4.69) is 5.32 Å². The molecule has 1 aliphatic rings. The fourth-order valence-corrected chi connectivity index (χ4v) is 3.60. The van der Waals surface area contributed by atoms with Crippen molar-refractivity contribution in [2.45, 2.75) is 19.1 Å². The highest BCUT2D eigenvalue weighted by molar-refractivity contribution is 5.95. The molecule has 8 nitrogen and oxygen atoms in total. The molecule has 3 N–H and O–H groups in total. The zero-order valence-corrected chi connectivity index (χ0v) is 18.0. The Kier molecular flexibility index (Phi) is 6.94. The maximum atomic E-state index is 12.5. The minimum absolute atomic E-state index is 0.1000. The number of amides is 2. The smallest absolute Gasteiger partial charge is 0.277 e. The highest BCUT2D eigenvalue weighted by Gasteiger charge is 2.47. The van der Waals surface area contributed by atoms with Gasteiger partial charge < -0.3 is 20.1 Å². The molecule has 1 saturated heterocycles. The second kappa shape index (κ2) is 9.47. The third-order valence-electron chi connectivity index (χ3n) is 5.55. The van der Waals surface area contributed by atoms with Crippen molar-refractivity contribution in [3.63, 3.8) is 0 Å². The zero-order chi connectivity index (χ0) is 22.6. The number of ether oxygens (including phenoxy) is 1. The molecule has 0 spiro atoms. The number of aliphatic hydroxyl groups excluding tert-OH is 1. The molecular formula is C23H29N3O5. The lowest BCUT2D eigenvalue weighted by Gasteiger charge is -2.31. The van der Waals surface area contributed by atoms with Gasteiger partial charge in [0.1, 0.15) is 6.10 Å². The number of aliphatic hydroxyl groups is 1. The molecule has 3 rings (SSSR count). The van der Waals surface area contributed by atoms with Gasteiger partial charge in [0.15, 0.2) is 0 Å². The number of hydrogen-bond donors (Lipinski definition) is 3. The lowest BCUT2D eigenvalue weighted by Crippen LogP contribution is -2.47. The molecule has 0 saturated carbocycles. The summed E-state index contributed by atoms with van der Waals surface area (Å²) in [4.78, 5) is 26.8. The molecule has 1 heterocycles. The van der Waals surface area contributed by atoms with Gasteiger partial charge in [0, 0.05) is 42.9 Å². The van der Waals surface area contributed by atoms with Crippen molar-refractivity contribution in [1.82, 2.24) is 10.4 Å². The second-order valence-electron chi connectivity index (χ2n) is 8.33. The number of hydroxylamine groups is 2. The quantitative estimate of drug-likeness (QED) is 0.460. The Morgan fingerprint density at radius 3 is 2.48 bits per heavy atom. The van der Waals surface area contributed by atoms with Gasteiger partial charge in [-0.3, -0.25) is 14.8 Å². The van der Waals surface area contributed by atoms with Crippen LogP contribution >= 0.6 is 0 Å². The van der Waals surface area contributed by atoms with Crippen LogP contribution in [0.25, 0.3) is 0 Å². The van der Waals surface area contributed by atoms with E-state index in [9.17, 15) is 19.9 Å². The fourth-order valence-electron chi connectivity index (χ4n) is 3.60. The normalized spacial score (nSPS) is 22.7. The van der Waals surface area contributed by atoms with Crippen molar-refractivity contribution in [2.75, 3.05) is 38.7 Å². The van der Waals surface area contributed by atoms with Crippen LogP contribution in [0.15, 0.2) is 54.6 Å². The third kappa shape index (κ3) is 5.22. The first-order chi connectivity index (χ1) is 14.7. The Morgan fingerprint density at radius 2 is 1.81 bits per heavy atom. The van der Waals surface area contributed by atoms with E-state index in [1.165, 1.54) is 0 Å². The van der Waals surface area contributed by atoms with E-state index in [1.807, 2.05) is 31.1 Å². The van der Waals surface area contributed by atoms with Crippen LogP contribution in [-0.2, 0) is 4.74 Å². The molecule has 0 aliphatic carbocycles. The van der Waals surface area contributed by atoms with E-state index in [-0.39, 0.29) is 25.6 Å². The predicted molar refractivity (Wildman–Crippen MR) is 116 cm³/mol. The molecule has 2 amide bonds. The molecule has 31 heavy (non-hydrogen) atoms. The Bertz CT molecular complexity index is 920. The van der Waals surface area contributed by atoms with Crippen LogP contribution < -0.4 is 10.2 Å². The first kappa shape index (κ1) is 22.7. The maximum Gasteiger partial charge on any atom is 0.277 e. The van der Waals surface area contributed by atoms with Crippen molar-refractivity contribution in [1.29, 1.82) is 0 Å². The summed E-state index contributed by atoms with van der Waals surface area (Å²) < 4.78 is 5.69. The van der Waals surface area contributed by atoms with Gasteiger partial charge in [0.25, 0.3) is 11.8 Å². The van der Waals surface area contributed by atoms with Crippen LogP contribution in [0.5, 0.6) is 0 Å². The maximum absolute atomic E-state index is 12.5. The lowest BCUT2D eigenvalue weighted by atomic mass is 9.84. The summed E-state index contributed by atoms with van der Waals surface area (Å²) in [5, 5.41) is 24.5. The van der Waals surface area contributed by atoms with E-state index in [4.69, 9.17) is 4.74 Å². The summed E-state index contributed by atoms with van der Waals surface area (Å²) in [6, 6.07) is 15.6. The minimum Gasteiger partial charge on any atom is -0.390 e. The topological polar surface area (TPSA) is 102 Å². The average Bonchev–Trinajstić information content (AvgIpc) is 3.05. The van der Waals surface area contributed by atoms with Crippen LogP contribution in [0, 0.1) is 5.41 Å². The fraction of sp³-hybridized carbons (Fsp3) is 0.391. The molecule has 0 unspecified atom stereocenters. The summed E-state index contributed by atoms with van der Waals surface area (Å²) in [7, 11) is 3.79. The number of carbonyl (C=O) groups is 2. The number of nitrogens with zero attached hydrogens (tertiary/aromatic N) is 2. The highest BCUT2D eigenvalue weighted by Crippen LogP contribution is 2.33. The molecule has 1 aliphatic heterocycles. The first-order valence-corrected chi connectivity index (χ1v) is 10.1. The Labute approximate surface area is 182 Å². The molecule has 166 valence electrons. The standard InChI is InChI=1S/C23H29N3O5/c1-23(14-26(30)22(29)16-8-5-4-6-9-16)15-31-19(20(23)27)13-24-21(28)17-10-7-11-18(12-17)25(2)3/h4-12,19-20,27,30H,13-15H2,1-3H3,(H,24,28)/t19-,20-,23-/m1/s1. The van der Waals surface area contributed by atoms with E-state index in [0.717, 1.165) is 5.69 Å². The van der Waals surface area contributed by atoms with Gasteiger partial charge >= 0.3 is 0 Å². The van der Waals surface area contributed by atoms with Gasteiger partial charge in [-0.1, -0.05) is 31.2 Å². The zero-order valence-electron chi connectivity index (χ0n) is 18.0. The van der Waals surface area contributed by atoms with Crippen molar-refractivity contribution in [3.8, 4) is 0 Å². The van der Waals surface area contributed by atoms with Crippen LogP contribution in [0.4, 0.5) is 5.69 Å². The SMILES string of the molecule is CN(C)c1cccc(C(=O)NC[C@H]2OC[C@@](C)(CN(O)C(=O)c3ccccc3)[C@@H]2O)c1. The summed E-state index contributed by atoms with van der Waals surface area (Å²) in [5.74, 6) is -0.817. The summed E-state index contributed by atoms with van der Waals surface area (Å²) in [6.45, 7) is 1.89. The number of hydrogen-bond acceptors (Lipinski definition) is 6. The van der Waals surface area contributed by atoms with E-state index >= 15 is 0 Å². The van der Waals surface area contributed by atoms with Gasteiger partial charge in [0.2, 0.25) is 0 Å². The monoisotopic (exact) mass is 427 g/mol. The second-order valence-corrected chi connectivity index (χ2v) is 8.33. The van der Waals surface area contributed by atoms with Gasteiger partial charge in [-0.15, -0.1) is 0 Å². The van der Waals surface area contributed by atoms with E-state index < -0.39 is 23.5 Å². The molecular weight excluding hydrogens is 398 g/mol. The Balaban J connectivity index is 1.57. The van der Waals surface area contributed by atoms with Crippen LogP contribution in [0.3, 0.4) is 0 Å². The van der Waals surface area contributed by atoms with Gasteiger partial charge in [-0.25, -0.2) is 5.06 Å². The van der Waals surface area contributed by atoms with Crippen molar-refractivity contribution in [2.24, 2.45) is 5.41 Å². The Hall–Kier alpha value is -2.94. The molecule has 2 aromatic rings. The van der Waals surface area contributed by atoms with Gasteiger partial charge in [-0.05, 0) is 30.3 Å². The number of carbonyl (C=O) groups excluding carboxylic acids is 2. The average molecular weight is 428 g/mol. The summed E-state index contributed by atoms with van der Waals surface area (Å²) in [6.07, 6.45) is -1.62. The van der Waals surface area contributed by atoms with Gasteiger partial charge in [-0.2, -0.15) is 0 Å². The number of benzene rings is 2. The molecule has 8 heteroatoms. The van der Waals surface area contributed by atoms with Crippen molar-refractivity contribution < 1.29 is 24.6 Å². The summed E-state index contributed by atoms with van der Waals surface area (Å²) >= 11 is 0. The van der Waals surface area contributed by atoms with Gasteiger partial charge in [0.05, 0.1) is 19.3 Å². The number of rotatable bonds is 7. The van der Waals surface area contributed by atoms with Crippen LogP contribution in [-0.4, -0.2) is 73.2 Å². The molecule has 1 fully saturated rings. The minimum atomic E-state index is -0.973. The van der Waals surface area contributed by atoms with Crippen molar-refractivity contribution in [3.05, 3.63) is 65.7 Å². The molecule has 3 atom stereocenters. The first-order valence-electron chi connectivity index (χ1n) is 10.1. The number of nitrogens with one attached hydrogen (secondary N) is 1. The number of anilines is 1. The molecule has 0 aromatic heterocycles. The third-order valence-corrected chi connectivity index (χ3v) is 5.55. The van der Waals surface area contributed by atoms with Crippen LogP contribution in [0.2, 0.25) is 0 Å². The highest BCUT2D eigenvalue weighted by atomic mass is 16.5. The largest absolute Gasteiger partial charge is 0.390 e. The molecule has 0 bridgehead atoms.